The van der Waals surface area contributed by atoms with Gasteiger partial charge in [0.2, 0.25) is 0 Å². The fourth-order valence-electron chi connectivity index (χ4n) is 0.831. The second-order valence-corrected chi connectivity index (χ2v) is 2.08. The highest BCUT2D eigenvalue weighted by atomic mass is 19.1. The topological polar surface area (TPSA) is 0 Å². The molecule has 0 bridgehead atoms. The Kier molecular flexibility index (Phi) is 5.30. The van der Waals surface area contributed by atoms with Crippen LogP contribution in [0.25, 0.3) is 6.08 Å². The van der Waals surface area contributed by atoms with E-state index in [1.807, 2.05) is 13.8 Å². The Labute approximate surface area is 79.1 Å². The van der Waals surface area contributed by atoms with Crippen LogP contribution in [0.3, 0.4) is 0 Å². The van der Waals surface area contributed by atoms with Crippen LogP contribution in [0.5, 0.6) is 0 Å². The Balaban J connectivity index is 0.000000671. The lowest BCUT2D eigenvalue weighted by atomic mass is 10.1. The molecule has 0 fully saturated rings. The van der Waals surface area contributed by atoms with Crippen molar-refractivity contribution < 1.29 is 4.39 Å². The molecule has 1 rings (SSSR count). The van der Waals surface area contributed by atoms with Crippen molar-refractivity contribution in [2.24, 2.45) is 0 Å². The van der Waals surface area contributed by atoms with Crippen LogP contribution < -0.4 is 0 Å². The van der Waals surface area contributed by atoms with Gasteiger partial charge in [-0.1, -0.05) is 38.5 Å². The SMILES string of the molecule is C#Cc1cc(F)ccc1C=C.CC. The van der Waals surface area contributed by atoms with Gasteiger partial charge in [-0.15, -0.1) is 6.42 Å². The van der Waals surface area contributed by atoms with E-state index in [2.05, 4.69) is 12.5 Å². The zero-order chi connectivity index (χ0) is 10.3. The average Bonchev–Trinajstić information content (AvgIpc) is 2.20. The number of terminal acetylenes is 1. The van der Waals surface area contributed by atoms with E-state index in [9.17, 15) is 4.39 Å². The molecule has 0 radical (unpaired) electrons. The van der Waals surface area contributed by atoms with E-state index in [0.717, 1.165) is 5.56 Å². The molecule has 0 saturated heterocycles. The maximum absolute atomic E-state index is 12.5. The Morgan fingerprint density at radius 1 is 1.46 bits per heavy atom. The summed E-state index contributed by atoms with van der Waals surface area (Å²) >= 11 is 0. The van der Waals surface area contributed by atoms with E-state index < -0.39 is 0 Å². The molecule has 0 saturated carbocycles. The van der Waals surface area contributed by atoms with Gasteiger partial charge in [-0.2, -0.15) is 0 Å². The molecule has 0 N–H and O–H groups in total. The Hall–Kier alpha value is -1.55. The summed E-state index contributed by atoms with van der Waals surface area (Å²) in [6, 6.07) is 4.28. The molecule has 0 aliphatic rings. The number of halogens is 1. The lowest BCUT2D eigenvalue weighted by Crippen LogP contribution is -1.82. The molecular formula is C12H13F. The van der Waals surface area contributed by atoms with Gasteiger partial charge >= 0.3 is 0 Å². The lowest BCUT2D eigenvalue weighted by Gasteiger charge is -1.96. The predicted molar refractivity (Wildman–Crippen MR) is 55.8 cm³/mol. The summed E-state index contributed by atoms with van der Waals surface area (Å²) in [4.78, 5) is 0. The summed E-state index contributed by atoms with van der Waals surface area (Å²) in [5.74, 6) is 2.06. The predicted octanol–water partition coefficient (Wildman–Crippen LogP) is 3.48. The zero-order valence-corrected chi connectivity index (χ0v) is 7.97. The zero-order valence-electron chi connectivity index (χ0n) is 7.97. The van der Waals surface area contributed by atoms with Gasteiger partial charge in [-0.3, -0.25) is 0 Å². The highest BCUT2D eigenvalue weighted by Crippen LogP contribution is 2.10. The lowest BCUT2D eigenvalue weighted by molar-refractivity contribution is 0.627. The Morgan fingerprint density at radius 3 is 2.54 bits per heavy atom. The van der Waals surface area contributed by atoms with Gasteiger partial charge in [0.1, 0.15) is 5.82 Å². The van der Waals surface area contributed by atoms with Gasteiger partial charge in [0.05, 0.1) is 0 Å². The molecule has 1 aromatic carbocycles. The third kappa shape index (κ3) is 3.13. The summed E-state index contributed by atoms with van der Waals surface area (Å²) in [6.45, 7) is 7.55. The Bertz CT molecular complexity index is 318. The van der Waals surface area contributed by atoms with Gasteiger partial charge in [-0.25, -0.2) is 4.39 Å². The molecule has 0 amide bonds. The molecule has 0 aliphatic heterocycles. The van der Waals surface area contributed by atoms with E-state index in [1.54, 1.807) is 12.1 Å². The largest absolute Gasteiger partial charge is 0.207 e. The van der Waals surface area contributed by atoms with Crippen molar-refractivity contribution in [1.82, 2.24) is 0 Å². The van der Waals surface area contributed by atoms with Gasteiger partial charge in [0.25, 0.3) is 0 Å². The highest BCUT2D eigenvalue weighted by molar-refractivity contribution is 5.57. The third-order valence-electron chi connectivity index (χ3n) is 1.39. The smallest absolute Gasteiger partial charge is 0.124 e. The maximum Gasteiger partial charge on any atom is 0.124 e. The minimum atomic E-state index is -0.316. The first-order chi connectivity index (χ1) is 6.27. The first-order valence-electron chi connectivity index (χ1n) is 4.16. The summed E-state index contributed by atoms with van der Waals surface area (Å²) in [5, 5.41) is 0. The van der Waals surface area contributed by atoms with E-state index in [0.29, 0.717) is 5.56 Å². The number of hydrogen-bond acceptors (Lipinski definition) is 0. The summed E-state index contributed by atoms with van der Waals surface area (Å²) in [6.07, 6.45) is 6.74. The number of rotatable bonds is 1. The van der Waals surface area contributed by atoms with Crippen LogP contribution in [0, 0.1) is 18.2 Å². The fraction of sp³-hybridized carbons (Fsp3) is 0.167. The van der Waals surface area contributed by atoms with E-state index in [1.165, 1.54) is 12.1 Å². The first kappa shape index (κ1) is 11.4. The van der Waals surface area contributed by atoms with Crippen molar-refractivity contribution >= 4 is 6.08 Å². The third-order valence-corrected chi connectivity index (χ3v) is 1.39. The molecule has 0 nitrogen and oxygen atoms in total. The van der Waals surface area contributed by atoms with Crippen LogP contribution in [-0.2, 0) is 0 Å². The van der Waals surface area contributed by atoms with Crippen molar-refractivity contribution in [3.63, 3.8) is 0 Å². The quantitative estimate of drug-likeness (QED) is 0.575. The normalized spacial score (nSPS) is 7.85. The van der Waals surface area contributed by atoms with Gasteiger partial charge in [0.15, 0.2) is 0 Å². The van der Waals surface area contributed by atoms with E-state index in [4.69, 9.17) is 6.42 Å². The Morgan fingerprint density at radius 2 is 2.08 bits per heavy atom. The molecule has 0 atom stereocenters. The fourth-order valence-corrected chi connectivity index (χ4v) is 0.831. The maximum atomic E-state index is 12.5. The van der Waals surface area contributed by atoms with Crippen molar-refractivity contribution in [3.05, 3.63) is 41.7 Å². The number of hydrogen-bond donors (Lipinski definition) is 0. The van der Waals surface area contributed by atoms with Crippen molar-refractivity contribution in [1.29, 1.82) is 0 Å². The molecule has 0 aromatic heterocycles. The highest BCUT2D eigenvalue weighted by Gasteiger charge is 1.96. The summed E-state index contributed by atoms with van der Waals surface area (Å²) in [5.41, 5.74) is 1.33. The molecular weight excluding hydrogens is 163 g/mol. The van der Waals surface area contributed by atoms with Crippen LogP contribution in [-0.4, -0.2) is 0 Å². The molecule has 0 heterocycles. The van der Waals surface area contributed by atoms with Crippen molar-refractivity contribution in [3.8, 4) is 12.3 Å². The standard InChI is InChI=1S/C10H7F.C2H6/c1-3-8-5-6-10(11)7-9(8)4-2;1-2/h2-3,5-7H,1H2;1-2H3. The van der Waals surface area contributed by atoms with Crippen LogP contribution in [0.1, 0.15) is 25.0 Å². The molecule has 1 aromatic rings. The molecule has 0 unspecified atom stereocenters. The van der Waals surface area contributed by atoms with Crippen molar-refractivity contribution in [2.75, 3.05) is 0 Å². The summed E-state index contributed by atoms with van der Waals surface area (Å²) in [7, 11) is 0. The molecule has 0 spiro atoms. The monoisotopic (exact) mass is 176 g/mol. The second kappa shape index (κ2) is 6.02. The van der Waals surface area contributed by atoms with Crippen LogP contribution >= 0.6 is 0 Å². The van der Waals surface area contributed by atoms with Crippen LogP contribution in [0.2, 0.25) is 0 Å². The van der Waals surface area contributed by atoms with Crippen molar-refractivity contribution in [2.45, 2.75) is 13.8 Å². The van der Waals surface area contributed by atoms with E-state index in [-0.39, 0.29) is 5.82 Å². The van der Waals surface area contributed by atoms with E-state index >= 15 is 0 Å². The van der Waals surface area contributed by atoms with Gasteiger partial charge in [-0.05, 0) is 17.7 Å². The average molecular weight is 176 g/mol. The van der Waals surface area contributed by atoms with Gasteiger partial charge < -0.3 is 0 Å². The molecule has 68 valence electrons. The second-order valence-electron chi connectivity index (χ2n) is 2.08. The van der Waals surface area contributed by atoms with Gasteiger partial charge in [0, 0.05) is 5.56 Å². The van der Waals surface area contributed by atoms with Crippen LogP contribution in [0.15, 0.2) is 24.8 Å². The van der Waals surface area contributed by atoms with Crippen LogP contribution in [0.4, 0.5) is 4.39 Å². The minimum absolute atomic E-state index is 0.316. The molecule has 1 heteroatoms. The summed E-state index contributed by atoms with van der Waals surface area (Å²) < 4.78 is 12.5. The first-order valence-corrected chi connectivity index (χ1v) is 4.16. The molecule has 0 aliphatic carbocycles. The number of benzene rings is 1. The molecule has 13 heavy (non-hydrogen) atoms. The minimum Gasteiger partial charge on any atom is -0.207 e.